The van der Waals surface area contributed by atoms with Gasteiger partial charge in [0.15, 0.2) is 11.5 Å². The molecule has 28 heavy (non-hydrogen) atoms. The second kappa shape index (κ2) is 6.83. The van der Waals surface area contributed by atoms with E-state index < -0.39 is 6.17 Å². The number of nitrogens with zero attached hydrogens (tertiary/aromatic N) is 5. The minimum absolute atomic E-state index is 0.0868. The van der Waals surface area contributed by atoms with Crippen molar-refractivity contribution in [3.8, 4) is 11.4 Å². The number of carbonyl (C=O) groups excluding carboxylic acids is 1. The van der Waals surface area contributed by atoms with Crippen molar-refractivity contribution in [2.75, 3.05) is 29.9 Å². The maximum Gasteiger partial charge on any atom is 0.228 e. The van der Waals surface area contributed by atoms with E-state index in [-0.39, 0.29) is 11.9 Å². The third-order valence-electron chi connectivity index (χ3n) is 5.22. The Morgan fingerprint density at radius 1 is 1.21 bits per heavy atom. The van der Waals surface area contributed by atoms with Gasteiger partial charge in [-0.05, 0) is 18.6 Å². The van der Waals surface area contributed by atoms with Gasteiger partial charge in [-0.2, -0.15) is 0 Å². The third kappa shape index (κ3) is 2.97. The smallest absolute Gasteiger partial charge is 0.228 e. The summed E-state index contributed by atoms with van der Waals surface area (Å²) in [4.78, 5) is 27.2. The second-order valence-electron chi connectivity index (χ2n) is 7.10. The molecule has 3 aromatic heterocycles. The SMILES string of the molecule is O=C1CCCN1c1cn2c(-c3cccc(NC4CNCC4F)n3)cnc2cn1. The topological polar surface area (TPSA) is 87.5 Å². The average molecular weight is 381 g/mol. The molecule has 2 unspecified atom stereocenters. The number of halogens is 1. The molecule has 0 radical (unpaired) electrons. The predicted molar refractivity (Wildman–Crippen MR) is 103 cm³/mol. The molecular weight excluding hydrogens is 361 g/mol. The predicted octanol–water partition coefficient (Wildman–Crippen LogP) is 1.64. The summed E-state index contributed by atoms with van der Waals surface area (Å²) < 4.78 is 15.8. The van der Waals surface area contributed by atoms with Gasteiger partial charge in [0, 0.05) is 26.1 Å². The zero-order valence-electron chi connectivity index (χ0n) is 15.2. The fraction of sp³-hybridized carbons (Fsp3) is 0.368. The van der Waals surface area contributed by atoms with Gasteiger partial charge in [0.25, 0.3) is 0 Å². The molecule has 2 fully saturated rings. The molecule has 144 valence electrons. The molecule has 2 saturated heterocycles. The molecule has 8 nitrogen and oxygen atoms in total. The summed E-state index contributed by atoms with van der Waals surface area (Å²) in [6.07, 6.45) is 5.67. The summed E-state index contributed by atoms with van der Waals surface area (Å²) in [5.41, 5.74) is 2.17. The molecule has 2 N–H and O–H groups in total. The highest BCUT2D eigenvalue weighted by atomic mass is 19.1. The number of amides is 1. The van der Waals surface area contributed by atoms with Gasteiger partial charge in [0.2, 0.25) is 5.91 Å². The van der Waals surface area contributed by atoms with Gasteiger partial charge in [-0.3, -0.25) is 14.1 Å². The van der Waals surface area contributed by atoms with E-state index in [1.807, 2.05) is 28.8 Å². The number of nitrogens with one attached hydrogen (secondary N) is 2. The average Bonchev–Trinajstić information content (AvgIpc) is 3.42. The molecule has 0 aliphatic carbocycles. The van der Waals surface area contributed by atoms with Crippen LogP contribution in [-0.2, 0) is 4.79 Å². The van der Waals surface area contributed by atoms with Crippen molar-refractivity contribution < 1.29 is 9.18 Å². The van der Waals surface area contributed by atoms with Gasteiger partial charge >= 0.3 is 0 Å². The van der Waals surface area contributed by atoms with Gasteiger partial charge in [-0.15, -0.1) is 0 Å². The first-order valence-corrected chi connectivity index (χ1v) is 9.41. The Morgan fingerprint density at radius 2 is 2.14 bits per heavy atom. The molecule has 0 spiro atoms. The van der Waals surface area contributed by atoms with E-state index in [2.05, 4.69) is 25.6 Å². The number of imidazole rings is 1. The maximum absolute atomic E-state index is 13.9. The van der Waals surface area contributed by atoms with Crippen molar-refractivity contribution in [1.82, 2.24) is 24.7 Å². The van der Waals surface area contributed by atoms with Crippen LogP contribution in [0.25, 0.3) is 17.0 Å². The Balaban J connectivity index is 1.48. The molecule has 0 bridgehead atoms. The number of alkyl halides is 1. The standard InChI is InChI=1S/C19H20FN7O/c20-12-7-21-8-14(12)25-16-4-1-3-13(24-16)15-9-22-17-10-23-18(11-27(15)17)26-6-2-5-19(26)28/h1,3-4,9-12,14,21H,2,5-8H2,(H,24,25). The van der Waals surface area contributed by atoms with Crippen LogP contribution >= 0.6 is 0 Å². The van der Waals surface area contributed by atoms with E-state index in [0.29, 0.717) is 49.0 Å². The Labute approximate surface area is 160 Å². The Kier molecular flexibility index (Phi) is 4.16. The molecule has 2 aliphatic rings. The molecule has 1 amide bonds. The quantitative estimate of drug-likeness (QED) is 0.714. The summed E-state index contributed by atoms with van der Waals surface area (Å²) in [5.74, 6) is 1.32. The van der Waals surface area contributed by atoms with E-state index >= 15 is 0 Å². The lowest BCUT2D eigenvalue weighted by Crippen LogP contribution is -2.29. The lowest BCUT2D eigenvalue weighted by atomic mass is 10.2. The molecule has 0 aromatic carbocycles. The summed E-state index contributed by atoms with van der Waals surface area (Å²) in [6, 6.07) is 5.30. The number of rotatable bonds is 4. The molecular formula is C19H20FN7O. The van der Waals surface area contributed by atoms with Crippen LogP contribution in [0.15, 0.2) is 36.8 Å². The summed E-state index contributed by atoms with van der Waals surface area (Å²) in [6.45, 7) is 1.61. The van der Waals surface area contributed by atoms with E-state index in [0.717, 1.165) is 12.1 Å². The molecule has 5 heterocycles. The van der Waals surface area contributed by atoms with Crippen LogP contribution in [0.3, 0.4) is 0 Å². The highest BCUT2D eigenvalue weighted by molar-refractivity contribution is 5.94. The lowest BCUT2D eigenvalue weighted by Gasteiger charge is -2.16. The van der Waals surface area contributed by atoms with Crippen LogP contribution in [0.5, 0.6) is 0 Å². The van der Waals surface area contributed by atoms with Crippen molar-refractivity contribution >= 4 is 23.2 Å². The van der Waals surface area contributed by atoms with Crippen LogP contribution in [0.1, 0.15) is 12.8 Å². The molecule has 9 heteroatoms. The van der Waals surface area contributed by atoms with Crippen LogP contribution in [0.4, 0.5) is 16.0 Å². The summed E-state index contributed by atoms with van der Waals surface area (Å²) in [5, 5.41) is 6.19. The number of hydrogen-bond acceptors (Lipinski definition) is 6. The monoisotopic (exact) mass is 381 g/mol. The summed E-state index contributed by atoms with van der Waals surface area (Å²) in [7, 11) is 0. The van der Waals surface area contributed by atoms with Crippen molar-refractivity contribution in [3.63, 3.8) is 0 Å². The van der Waals surface area contributed by atoms with Crippen molar-refractivity contribution in [2.24, 2.45) is 0 Å². The van der Waals surface area contributed by atoms with Crippen molar-refractivity contribution in [2.45, 2.75) is 25.1 Å². The van der Waals surface area contributed by atoms with Crippen LogP contribution in [-0.4, -0.2) is 57.1 Å². The first kappa shape index (κ1) is 17.1. The van der Waals surface area contributed by atoms with Crippen LogP contribution < -0.4 is 15.5 Å². The second-order valence-corrected chi connectivity index (χ2v) is 7.10. The molecule has 3 aromatic rings. The van der Waals surface area contributed by atoms with Crippen LogP contribution in [0.2, 0.25) is 0 Å². The third-order valence-corrected chi connectivity index (χ3v) is 5.22. The highest BCUT2D eigenvalue weighted by Gasteiger charge is 2.27. The van der Waals surface area contributed by atoms with Crippen molar-refractivity contribution in [1.29, 1.82) is 0 Å². The normalized spacial score (nSPS) is 22.3. The molecule has 2 aliphatic heterocycles. The van der Waals surface area contributed by atoms with Gasteiger partial charge < -0.3 is 10.6 Å². The van der Waals surface area contributed by atoms with E-state index in [4.69, 9.17) is 0 Å². The number of fused-ring (bicyclic) bond motifs is 1. The largest absolute Gasteiger partial charge is 0.363 e. The first-order chi connectivity index (χ1) is 13.7. The number of pyridine rings is 1. The Bertz CT molecular complexity index is 1040. The zero-order valence-corrected chi connectivity index (χ0v) is 15.2. The van der Waals surface area contributed by atoms with Gasteiger partial charge in [-0.25, -0.2) is 19.3 Å². The first-order valence-electron chi connectivity index (χ1n) is 9.41. The van der Waals surface area contributed by atoms with Gasteiger partial charge in [0.05, 0.1) is 36.0 Å². The minimum Gasteiger partial charge on any atom is -0.363 e. The minimum atomic E-state index is -0.937. The number of hydrogen-bond donors (Lipinski definition) is 2. The number of anilines is 2. The molecule has 2 atom stereocenters. The summed E-state index contributed by atoms with van der Waals surface area (Å²) >= 11 is 0. The Hall–Kier alpha value is -3.07. The molecule has 0 saturated carbocycles. The Morgan fingerprint density at radius 3 is 2.93 bits per heavy atom. The number of aromatic nitrogens is 4. The molecule has 5 rings (SSSR count). The zero-order chi connectivity index (χ0) is 19.1. The van der Waals surface area contributed by atoms with E-state index in [9.17, 15) is 9.18 Å². The highest BCUT2D eigenvalue weighted by Crippen LogP contribution is 2.24. The van der Waals surface area contributed by atoms with Crippen LogP contribution in [0, 0.1) is 0 Å². The van der Waals surface area contributed by atoms with E-state index in [1.54, 1.807) is 17.3 Å². The van der Waals surface area contributed by atoms with Crippen molar-refractivity contribution in [3.05, 3.63) is 36.8 Å². The fourth-order valence-corrected chi connectivity index (χ4v) is 3.73. The maximum atomic E-state index is 13.9. The van der Waals surface area contributed by atoms with Gasteiger partial charge in [-0.1, -0.05) is 6.07 Å². The van der Waals surface area contributed by atoms with E-state index in [1.165, 1.54) is 0 Å². The van der Waals surface area contributed by atoms with Gasteiger partial charge in [0.1, 0.15) is 12.0 Å². The lowest BCUT2D eigenvalue weighted by molar-refractivity contribution is -0.117. The fourth-order valence-electron chi connectivity index (χ4n) is 3.73. The number of carbonyl (C=O) groups is 1.